The smallest absolute Gasteiger partial charge is 0.142 e. The number of hydrogen-bond acceptors (Lipinski definition) is 4. The van der Waals surface area contributed by atoms with Crippen LogP contribution in [0.4, 0.5) is 0 Å². The van der Waals surface area contributed by atoms with Crippen LogP contribution >= 0.6 is 11.3 Å². The summed E-state index contributed by atoms with van der Waals surface area (Å²) < 4.78 is 0. The van der Waals surface area contributed by atoms with Crippen LogP contribution in [0.2, 0.25) is 0 Å². The third-order valence-corrected chi connectivity index (χ3v) is 3.68. The molecule has 0 unspecified atom stereocenters. The maximum absolute atomic E-state index is 5.65. The van der Waals surface area contributed by atoms with Crippen molar-refractivity contribution in [2.75, 3.05) is 0 Å². The van der Waals surface area contributed by atoms with Crippen molar-refractivity contribution in [1.29, 1.82) is 0 Å². The highest BCUT2D eigenvalue weighted by Gasteiger charge is 2.11. The molecule has 0 aliphatic rings. The average molecular weight is 233 g/mol. The second-order valence-electron chi connectivity index (χ2n) is 3.91. The summed E-state index contributed by atoms with van der Waals surface area (Å²) in [6, 6.07) is 2.13. The third-order valence-electron chi connectivity index (χ3n) is 2.50. The first kappa shape index (κ1) is 11.2. The van der Waals surface area contributed by atoms with Crippen LogP contribution in [0.15, 0.2) is 12.3 Å². The van der Waals surface area contributed by atoms with Gasteiger partial charge in [-0.15, -0.1) is 11.3 Å². The highest BCUT2D eigenvalue weighted by Crippen LogP contribution is 2.28. The number of thiazole rings is 1. The monoisotopic (exact) mass is 233 g/mol. The predicted octanol–water partition coefficient (Wildman–Crippen LogP) is 2.59. The summed E-state index contributed by atoms with van der Waals surface area (Å²) in [4.78, 5) is 10.1. The summed E-state index contributed by atoms with van der Waals surface area (Å²) in [6.45, 7) is 6.65. The second kappa shape index (κ2) is 4.31. The number of aromatic nitrogens is 2. The van der Waals surface area contributed by atoms with E-state index in [-0.39, 0.29) is 0 Å². The van der Waals surface area contributed by atoms with Crippen molar-refractivity contribution < 1.29 is 0 Å². The van der Waals surface area contributed by atoms with E-state index in [1.54, 1.807) is 11.3 Å². The molecule has 0 saturated carbocycles. The molecule has 2 aromatic heterocycles. The Morgan fingerprint density at radius 1 is 1.31 bits per heavy atom. The Labute approximate surface area is 99.4 Å². The Morgan fingerprint density at radius 2 is 2.06 bits per heavy atom. The van der Waals surface area contributed by atoms with Gasteiger partial charge >= 0.3 is 0 Å². The molecule has 4 heteroatoms. The molecule has 2 N–H and O–H groups in total. The van der Waals surface area contributed by atoms with Gasteiger partial charge in [-0.25, -0.2) is 4.98 Å². The summed E-state index contributed by atoms with van der Waals surface area (Å²) in [5, 5.41) is 0.968. The molecule has 84 valence electrons. The summed E-state index contributed by atoms with van der Waals surface area (Å²) in [5.41, 5.74) is 9.98. The topological polar surface area (TPSA) is 51.8 Å². The number of nitrogens with two attached hydrogens (primary N) is 1. The largest absolute Gasteiger partial charge is 0.326 e. The van der Waals surface area contributed by atoms with E-state index in [0.717, 1.165) is 26.8 Å². The van der Waals surface area contributed by atoms with Crippen LogP contribution in [0.25, 0.3) is 10.7 Å². The maximum atomic E-state index is 5.65. The molecule has 0 radical (unpaired) electrons. The fraction of sp³-hybridized carbons (Fsp3) is 0.333. The van der Waals surface area contributed by atoms with E-state index in [2.05, 4.69) is 23.0 Å². The summed E-state index contributed by atoms with van der Waals surface area (Å²) in [6.07, 6.45) is 1.88. The Bertz CT molecular complexity index is 517. The van der Waals surface area contributed by atoms with Gasteiger partial charge in [-0.2, -0.15) is 0 Å². The van der Waals surface area contributed by atoms with E-state index in [1.807, 2.05) is 20.0 Å². The van der Waals surface area contributed by atoms with Gasteiger partial charge in [0.2, 0.25) is 0 Å². The van der Waals surface area contributed by atoms with Gasteiger partial charge in [0.15, 0.2) is 0 Å². The van der Waals surface area contributed by atoms with Gasteiger partial charge in [-0.05, 0) is 31.9 Å². The van der Waals surface area contributed by atoms with Crippen LogP contribution in [-0.2, 0) is 6.54 Å². The minimum absolute atomic E-state index is 0.550. The number of pyridine rings is 1. The van der Waals surface area contributed by atoms with E-state index in [4.69, 9.17) is 5.73 Å². The molecule has 0 aromatic carbocycles. The lowest BCUT2D eigenvalue weighted by molar-refractivity contribution is 1.06. The van der Waals surface area contributed by atoms with Gasteiger partial charge in [-0.1, -0.05) is 6.07 Å². The highest BCUT2D eigenvalue weighted by atomic mass is 32.1. The zero-order valence-electron chi connectivity index (χ0n) is 9.74. The van der Waals surface area contributed by atoms with Crippen LogP contribution in [0.1, 0.15) is 21.7 Å². The third kappa shape index (κ3) is 1.99. The van der Waals surface area contributed by atoms with Gasteiger partial charge in [0.05, 0.1) is 5.69 Å². The van der Waals surface area contributed by atoms with E-state index in [0.29, 0.717) is 6.54 Å². The quantitative estimate of drug-likeness (QED) is 0.867. The Balaban J connectivity index is 2.50. The molecule has 0 aliphatic carbocycles. The molecular weight excluding hydrogens is 218 g/mol. The lowest BCUT2D eigenvalue weighted by Crippen LogP contribution is -1.94. The molecule has 0 aliphatic heterocycles. The fourth-order valence-corrected chi connectivity index (χ4v) is 2.66. The van der Waals surface area contributed by atoms with Crippen LogP contribution in [0.5, 0.6) is 0 Å². The number of aryl methyl sites for hydroxylation is 3. The van der Waals surface area contributed by atoms with Crippen LogP contribution in [-0.4, -0.2) is 9.97 Å². The summed E-state index contributed by atoms with van der Waals surface area (Å²) in [7, 11) is 0. The normalized spacial score (nSPS) is 10.8. The lowest BCUT2D eigenvalue weighted by atomic mass is 10.2. The maximum Gasteiger partial charge on any atom is 0.142 e. The van der Waals surface area contributed by atoms with Crippen molar-refractivity contribution in [1.82, 2.24) is 9.97 Å². The predicted molar refractivity (Wildman–Crippen MR) is 67.4 cm³/mol. The van der Waals surface area contributed by atoms with Crippen molar-refractivity contribution in [2.24, 2.45) is 5.73 Å². The molecule has 0 amide bonds. The van der Waals surface area contributed by atoms with E-state index < -0.39 is 0 Å². The molecule has 0 spiro atoms. The number of hydrogen-bond donors (Lipinski definition) is 1. The average Bonchev–Trinajstić information content (AvgIpc) is 2.59. The molecule has 2 heterocycles. The molecule has 0 fully saturated rings. The second-order valence-corrected chi connectivity index (χ2v) is 4.99. The van der Waals surface area contributed by atoms with Gasteiger partial charge in [0, 0.05) is 17.6 Å². The SMILES string of the molecule is Cc1cnc(-c2nc(C)c(CN)s2)c(C)c1. The Kier molecular flexibility index (Phi) is 3.03. The van der Waals surface area contributed by atoms with Crippen molar-refractivity contribution in [3.05, 3.63) is 34.0 Å². The summed E-state index contributed by atoms with van der Waals surface area (Å²) >= 11 is 1.63. The van der Waals surface area contributed by atoms with Crippen LogP contribution < -0.4 is 5.73 Å². The van der Waals surface area contributed by atoms with Crippen LogP contribution in [0.3, 0.4) is 0 Å². The zero-order valence-corrected chi connectivity index (χ0v) is 10.6. The molecule has 0 atom stereocenters. The van der Waals surface area contributed by atoms with E-state index >= 15 is 0 Å². The van der Waals surface area contributed by atoms with Crippen molar-refractivity contribution >= 4 is 11.3 Å². The first-order valence-corrected chi connectivity index (χ1v) is 6.03. The van der Waals surface area contributed by atoms with Gasteiger partial charge < -0.3 is 5.73 Å². The molecule has 2 aromatic rings. The minimum Gasteiger partial charge on any atom is -0.326 e. The van der Waals surface area contributed by atoms with Crippen molar-refractivity contribution in [3.63, 3.8) is 0 Å². The lowest BCUT2D eigenvalue weighted by Gasteiger charge is -2.01. The molecule has 16 heavy (non-hydrogen) atoms. The van der Waals surface area contributed by atoms with Gasteiger partial charge in [0.1, 0.15) is 10.7 Å². The van der Waals surface area contributed by atoms with E-state index in [9.17, 15) is 0 Å². The standard InChI is InChI=1S/C12H15N3S/c1-7-4-8(2)11(14-6-7)12-15-9(3)10(5-13)16-12/h4,6H,5,13H2,1-3H3. The molecule has 3 nitrogen and oxygen atoms in total. The molecule has 0 saturated heterocycles. The zero-order chi connectivity index (χ0) is 11.7. The number of rotatable bonds is 2. The highest BCUT2D eigenvalue weighted by molar-refractivity contribution is 7.15. The Morgan fingerprint density at radius 3 is 2.62 bits per heavy atom. The van der Waals surface area contributed by atoms with Crippen molar-refractivity contribution in [3.8, 4) is 10.7 Å². The first-order valence-electron chi connectivity index (χ1n) is 5.22. The van der Waals surface area contributed by atoms with Gasteiger partial charge in [-0.3, -0.25) is 4.98 Å². The fourth-order valence-electron chi connectivity index (χ4n) is 1.66. The van der Waals surface area contributed by atoms with Crippen molar-refractivity contribution in [2.45, 2.75) is 27.3 Å². The first-order chi connectivity index (χ1) is 7.61. The van der Waals surface area contributed by atoms with Crippen LogP contribution in [0, 0.1) is 20.8 Å². The Hall–Kier alpha value is -1.26. The van der Waals surface area contributed by atoms with E-state index in [1.165, 1.54) is 5.56 Å². The molecular formula is C12H15N3S. The minimum atomic E-state index is 0.550. The number of nitrogens with zero attached hydrogens (tertiary/aromatic N) is 2. The summed E-state index contributed by atoms with van der Waals surface area (Å²) in [5.74, 6) is 0. The van der Waals surface area contributed by atoms with Gasteiger partial charge in [0.25, 0.3) is 0 Å². The molecule has 2 rings (SSSR count). The molecule has 0 bridgehead atoms.